The Morgan fingerprint density at radius 1 is 1.56 bits per heavy atom. The van der Waals surface area contributed by atoms with Gasteiger partial charge in [-0.2, -0.15) is 0 Å². The molecule has 2 nitrogen and oxygen atoms in total. The maximum Gasteiger partial charge on any atom is 0.0693 e. The van der Waals surface area contributed by atoms with Gasteiger partial charge in [0.2, 0.25) is 0 Å². The maximum atomic E-state index is 9.26. The van der Waals surface area contributed by atoms with Crippen molar-refractivity contribution in [3.8, 4) is 0 Å². The highest BCUT2D eigenvalue weighted by Crippen LogP contribution is 2.34. The molecule has 0 saturated heterocycles. The van der Waals surface area contributed by atoms with Crippen molar-refractivity contribution < 1.29 is 5.11 Å². The van der Waals surface area contributed by atoms with Crippen molar-refractivity contribution in [3.63, 3.8) is 0 Å². The van der Waals surface area contributed by atoms with E-state index in [9.17, 15) is 5.11 Å². The molecule has 0 bridgehead atoms. The van der Waals surface area contributed by atoms with Gasteiger partial charge in [-0.15, -0.1) is 0 Å². The van der Waals surface area contributed by atoms with Crippen LogP contribution in [0.4, 0.5) is 0 Å². The number of aliphatic hydroxyl groups excluding tert-OH is 1. The van der Waals surface area contributed by atoms with Crippen LogP contribution in [0, 0.1) is 0 Å². The monoisotopic (exact) mass is 129 g/mol. The Labute approximate surface area is 56.3 Å². The molecule has 1 atom stereocenters. The Hall–Kier alpha value is -0.0800. The zero-order valence-corrected chi connectivity index (χ0v) is 6.15. The van der Waals surface area contributed by atoms with Gasteiger partial charge in [0.25, 0.3) is 0 Å². The summed E-state index contributed by atoms with van der Waals surface area (Å²) in [7, 11) is 1.92. The van der Waals surface area contributed by atoms with E-state index in [1.807, 2.05) is 14.0 Å². The molecule has 1 aliphatic rings. The minimum absolute atomic E-state index is 0.0694. The molecule has 54 valence electrons. The summed E-state index contributed by atoms with van der Waals surface area (Å²) in [5.41, 5.74) is 0.0694. The van der Waals surface area contributed by atoms with Crippen molar-refractivity contribution in [1.82, 2.24) is 5.32 Å². The fourth-order valence-electron chi connectivity index (χ4n) is 1.43. The van der Waals surface area contributed by atoms with Gasteiger partial charge in [-0.1, -0.05) is 0 Å². The van der Waals surface area contributed by atoms with Crippen LogP contribution in [0.25, 0.3) is 0 Å². The topological polar surface area (TPSA) is 32.3 Å². The van der Waals surface area contributed by atoms with Crippen LogP contribution in [-0.4, -0.2) is 23.8 Å². The molecule has 1 unspecified atom stereocenters. The van der Waals surface area contributed by atoms with Crippen molar-refractivity contribution in [1.29, 1.82) is 0 Å². The van der Waals surface area contributed by atoms with Crippen molar-refractivity contribution in [2.45, 2.75) is 37.8 Å². The second-order valence-corrected chi connectivity index (χ2v) is 2.94. The molecule has 0 aromatic rings. The van der Waals surface area contributed by atoms with E-state index in [0.717, 1.165) is 12.8 Å². The predicted octanol–water partition coefficient (Wildman–Crippen LogP) is 0.509. The van der Waals surface area contributed by atoms with Crippen LogP contribution in [0.2, 0.25) is 0 Å². The zero-order chi connectivity index (χ0) is 6.91. The highest BCUT2D eigenvalue weighted by molar-refractivity contribution is 4.98. The van der Waals surface area contributed by atoms with E-state index < -0.39 is 0 Å². The Balaban J connectivity index is 2.46. The van der Waals surface area contributed by atoms with Crippen LogP contribution in [0.15, 0.2) is 0 Å². The number of rotatable bonds is 2. The molecule has 9 heavy (non-hydrogen) atoms. The molecule has 0 aromatic carbocycles. The molecule has 0 amide bonds. The highest BCUT2D eigenvalue weighted by Gasteiger charge is 2.39. The summed E-state index contributed by atoms with van der Waals surface area (Å²) >= 11 is 0. The second-order valence-electron chi connectivity index (χ2n) is 2.94. The summed E-state index contributed by atoms with van der Waals surface area (Å²) in [6.07, 6.45) is 3.31. The van der Waals surface area contributed by atoms with E-state index in [4.69, 9.17) is 0 Å². The lowest BCUT2D eigenvalue weighted by molar-refractivity contribution is 0.0252. The number of aliphatic hydroxyl groups is 1. The van der Waals surface area contributed by atoms with Crippen LogP contribution in [0.1, 0.15) is 26.2 Å². The first-order valence-corrected chi connectivity index (χ1v) is 3.58. The molecule has 0 aliphatic heterocycles. The highest BCUT2D eigenvalue weighted by atomic mass is 16.3. The van der Waals surface area contributed by atoms with E-state index in [-0.39, 0.29) is 11.6 Å². The van der Waals surface area contributed by atoms with Gasteiger partial charge in [-0.3, -0.25) is 0 Å². The van der Waals surface area contributed by atoms with Crippen LogP contribution in [0.3, 0.4) is 0 Å². The summed E-state index contributed by atoms with van der Waals surface area (Å²) in [5, 5.41) is 12.4. The molecule has 0 radical (unpaired) electrons. The van der Waals surface area contributed by atoms with Crippen molar-refractivity contribution in [3.05, 3.63) is 0 Å². The first-order chi connectivity index (χ1) is 4.21. The Bertz CT molecular complexity index is 91.6. The normalized spacial score (nSPS) is 27.0. The molecule has 1 fully saturated rings. The summed E-state index contributed by atoms with van der Waals surface area (Å²) < 4.78 is 0. The summed E-state index contributed by atoms with van der Waals surface area (Å²) in [4.78, 5) is 0. The SMILES string of the molecule is CNC1(C(C)O)CCC1. The third kappa shape index (κ3) is 0.970. The number of likely N-dealkylation sites (N-methyl/N-ethyl adjacent to an activating group) is 1. The predicted molar refractivity (Wildman–Crippen MR) is 37.3 cm³/mol. The van der Waals surface area contributed by atoms with Gasteiger partial charge in [0.1, 0.15) is 0 Å². The van der Waals surface area contributed by atoms with E-state index in [1.54, 1.807) is 0 Å². The molecule has 1 aliphatic carbocycles. The lowest BCUT2D eigenvalue weighted by atomic mass is 9.73. The minimum atomic E-state index is -0.198. The van der Waals surface area contributed by atoms with Gasteiger partial charge in [0.05, 0.1) is 6.10 Å². The van der Waals surface area contributed by atoms with Crippen molar-refractivity contribution >= 4 is 0 Å². The Morgan fingerprint density at radius 3 is 2.11 bits per heavy atom. The second kappa shape index (κ2) is 2.27. The summed E-state index contributed by atoms with van der Waals surface area (Å²) in [6, 6.07) is 0. The average Bonchev–Trinajstić information content (AvgIpc) is 1.62. The smallest absolute Gasteiger partial charge is 0.0693 e. The van der Waals surface area contributed by atoms with Gasteiger partial charge < -0.3 is 10.4 Å². The van der Waals surface area contributed by atoms with Crippen LogP contribution in [0.5, 0.6) is 0 Å². The largest absolute Gasteiger partial charge is 0.391 e. The number of hydrogen-bond donors (Lipinski definition) is 2. The maximum absolute atomic E-state index is 9.26. The van der Waals surface area contributed by atoms with Gasteiger partial charge >= 0.3 is 0 Å². The third-order valence-corrected chi connectivity index (χ3v) is 2.54. The van der Waals surface area contributed by atoms with Crippen molar-refractivity contribution in [2.24, 2.45) is 0 Å². The van der Waals surface area contributed by atoms with Gasteiger partial charge in [-0.25, -0.2) is 0 Å². The minimum Gasteiger partial charge on any atom is -0.391 e. The fourth-order valence-corrected chi connectivity index (χ4v) is 1.43. The first-order valence-electron chi connectivity index (χ1n) is 3.58. The van der Waals surface area contributed by atoms with E-state index in [2.05, 4.69) is 5.32 Å². The summed E-state index contributed by atoms with van der Waals surface area (Å²) in [5.74, 6) is 0. The molecule has 0 aromatic heterocycles. The lowest BCUT2D eigenvalue weighted by Crippen LogP contribution is -2.56. The molecule has 2 heteroatoms. The molecule has 1 rings (SSSR count). The van der Waals surface area contributed by atoms with E-state index >= 15 is 0 Å². The van der Waals surface area contributed by atoms with E-state index in [0.29, 0.717) is 0 Å². The molecular formula is C7H15NO. The van der Waals surface area contributed by atoms with Crippen LogP contribution >= 0.6 is 0 Å². The molecule has 0 heterocycles. The fraction of sp³-hybridized carbons (Fsp3) is 1.00. The van der Waals surface area contributed by atoms with Crippen LogP contribution < -0.4 is 5.32 Å². The third-order valence-electron chi connectivity index (χ3n) is 2.54. The van der Waals surface area contributed by atoms with Gasteiger partial charge in [-0.05, 0) is 33.2 Å². The Kier molecular flexibility index (Phi) is 1.78. The zero-order valence-electron chi connectivity index (χ0n) is 6.15. The van der Waals surface area contributed by atoms with Crippen LogP contribution in [-0.2, 0) is 0 Å². The average molecular weight is 129 g/mol. The molecule has 1 saturated carbocycles. The molecular weight excluding hydrogens is 114 g/mol. The number of hydrogen-bond acceptors (Lipinski definition) is 2. The summed E-state index contributed by atoms with van der Waals surface area (Å²) in [6.45, 7) is 1.86. The van der Waals surface area contributed by atoms with Gasteiger partial charge in [0.15, 0.2) is 0 Å². The quantitative estimate of drug-likeness (QED) is 0.569. The lowest BCUT2D eigenvalue weighted by Gasteiger charge is -2.44. The molecule has 2 N–H and O–H groups in total. The number of nitrogens with one attached hydrogen (secondary N) is 1. The standard InChI is InChI=1S/C7H15NO/c1-6(9)7(8-2)4-3-5-7/h6,8-9H,3-5H2,1-2H3. The Morgan fingerprint density at radius 2 is 2.11 bits per heavy atom. The molecule has 0 spiro atoms. The van der Waals surface area contributed by atoms with E-state index in [1.165, 1.54) is 6.42 Å². The van der Waals surface area contributed by atoms with Crippen molar-refractivity contribution in [2.75, 3.05) is 7.05 Å². The van der Waals surface area contributed by atoms with Gasteiger partial charge in [0, 0.05) is 5.54 Å². The first kappa shape index (κ1) is 7.03.